The Morgan fingerprint density at radius 2 is 1.88 bits per heavy atom. The molecule has 1 N–H and O–H groups in total. The maximum Gasteiger partial charge on any atom is 0.410 e. The molecule has 0 saturated carbocycles. The van der Waals surface area contributed by atoms with Gasteiger partial charge >= 0.3 is 6.09 Å². The molecule has 1 fully saturated rings. The van der Waals surface area contributed by atoms with Crippen LogP contribution in [0.25, 0.3) is 11.1 Å². The summed E-state index contributed by atoms with van der Waals surface area (Å²) in [7, 11) is 0. The summed E-state index contributed by atoms with van der Waals surface area (Å²) in [5.41, 5.74) is 3.41. The molecule has 2 aromatic rings. The van der Waals surface area contributed by atoms with Crippen molar-refractivity contribution < 1.29 is 19.4 Å². The van der Waals surface area contributed by atoms with Crippen LogP contribution < -0.4 is 9.64 Å². The van der Waals surface area contributed by atoms with E-state index < -0.39 is 5.60 Å². The molecule has 1 heterocycles. The molecular weight excluding hydrogens is 404 g/mol. The first-order valence-electron chi connectivity index (χ1n) is 11.5. The van der Waals surface area contributed by atoms with Gasteiger partial charge in [0.1, 0.15) is 11.4 Å². The van der Waals surface area contributed by atoms with Crippen LogP contribution in [0.2, 0.25) is 0 Å². The van der Waals surface area contributed by atoms with E-state index in [2.05, 4.69) is 24.0 Å². The molecule has 6 nitrogen and oxygen atoms in total. The summed E-state index contributed by atoms with van der Waals surface area (Å²) < 4.78 is 11.4. The lowest BCUT2D eigenvalue weighted by Gasteiger charge is -2.43. The standard InChI is InChI=1S/C26H36N2O4/c1-6-21-17-27(25(30)32-26(3,4)5)14-15-28(21)23-13-12-19(16-20(23)18-29)22-10-8-9-11-24(22)31-7-2/h8-13,16,21,29H,6-7,14-15,17-18H2,1-5H3/t21-/m1/s1. The summed E-state index contributed by atoms with van der Waals surface area (Å²) in [5, 5.41) is 10.2. The zero-order valence-electron chi connectivity index (χ0n) is 19.9. The highest BCUT2D eigenvalue weighted by Gasteiger charge is 2.32. The van der Waals surface area contributed by atoms with Gasteiger partial charge < -0.3 is 24.4 Å². The first-order chi connectivity index (χ1) is 15.3. The van der Waals surface area contributed by atoms with Crippen LogP contribution >= 0.6 is 0 Å². The van der Waals surface area contributed by atoms with Gasteiger partial charge in [0.25, 0.3) is 0 Å². The molecule has 0 radical (unpaired) electrons. The molecule has 0 aromatic heterocycles. The van der Waals surface area contributed by atoms with Crippen LogP contribution in [0.5, 0.6) is 5.75 Å². The molecule has 2 aromatic carbocycles. The summed E-state index contributed by atoms with van der Waals surface area (Å²) in [5.74, 6) is 0.837. The van der Waals surface area contributed by atoms with E-state index in [0.29, 0.717) is 26.2 Å². The lowest BCUT2D eigenvalue weighted by atomic mass is 9.99. The summed E-state index contributed by atoms with van der Waals surface area (Å²) in [4.78, 5) is 16.7. The quantitative estimate of drug-likeness (QED) is 0.679. The minimum Gasteiger partial charge on any atom is -0.493 e. The van der Waals surface area contributed by atoms with E-state index in [-0.39, 0.29) is 18.7 Å². The van der Waals surface area contributed by atoms with Gasteiger partial charge in [-0.2, -0.15) is 0 Å². The maximum absolute atomic E-state index is 12.6. The average Bonchev–Trinajstić information content (AvgIpc) is 2.77. The zero-order valence-corrected chi connectivity index (χ0v) is 19.9. The molecule has 1 saturated heterocycles. The summed E-state index contributed by atoms with van der Waals surface area (Å²) in [6.07, 6.45) is 0.625. The molecule has 6 heteroatoms. The number of aliphatic hydroxyl groups excluding tert-OH is 1. The van der Waals surface area contributed by atoms with Crippen LogP contribution in [0, 0.1) is 0 Å². The molecule has 0 aliphatic carbocycles. The van der Waals surface area contributed by atoms with E-state index in [4.69, 9.17) is 9.47 Å². The number of nitrogens with zero attached hydrogens (tertiary/aromatic N) is 2. The molecule has 0 spiro atoms. The van der Waals surface area contributed by atoms with Gasteiger partial charge in [-0.15, -0.1) is 0 Å². The molecule has 3 rings (SSSR count). The van der Waals surface area contributed by atoms with Crippen molar-refractivity contribution in [3.05, 3.63) is 48.0 Å². The molecular formula is C26H36N2O4. The van der Waals surface area contributed by atoms with Crippen molar-refractivity contribution in [2.45, 2.75) is 59.3 Å². The van der Waals surface area contributed by atoms with Gasteiger partial charge in [-0.3, -0.25) is 0 Å². The van der Waals surface area contributed by atoms with Crippen LogP contribution in [0.15, 0.2) is 42.5 Å². The second kappa shape index (κ2) is 10.3. The third-order valence-corrected chi connectivity index (χ3v) is 5.66. The number of hydrogen-bond acceptors (Lipinski definition) is 5. The number of carbonyl (C=O) groups excluding carboxylic acids is 1. The van der Waals surface area contributed by atoms with Gasteiger partial charge in [0, 0.05) is 42.5 Å². The molecule has 1 amide bonds. The summed E-state index contributed by atoms with van der Waals surface area (Å²) in [6.45, 7) is 12.2. The Labute approximate surface area is 191 Å². The Hall–Kier alpha value is -2.73. The van der Waals surface area contributed by atoms with Gasteiger partial charge in [-0.25, -0.2) is 4.79 Å². The number of anilines is 1. The topological polar surface area (TPSA) is 62.2 Å². The normalized spacial score (nSPS) is 16.8. The van der Waals surface area contributed by atoms with Gasteiger partial charge in [-0.05, 0) is 57.9 Å². The summed E-state index contributed by atoms with van der Waals surface area (Å²) in [6, 6.07) is 14.3. The number of aliphatic hydroxyl groups is 1. The van der Waals surface area contributed by atoms with Crippen LogP contribution in [0.1, 0.15) is 46.6 Å². The van der Waals surface area contributed by atoms with E-state index in [9.17, 15) is 9.90 Å². The van der Waals surface area contributed by atoms with Crippen molar-refractivity contribution in [3.8, 4) is 16.9 Å². The van der Waals surface area contributed by atoms with Gasteiger partial charge in [-0.1, -0.05) is 31.2 Å². The largest absolute Gasteiger partial charge is 0.493 e. The highest BCUT2D eigenvalue weighted by Crippen LogP contribution is 2.35. The third-order valence-electron chi connectivity index (χ3n) is 5.66. The second-order valence-corrected chi connectivity index (χ2v) is 9.11. The summed E-state index contributed by atoms with van der Waals surface area (Å²) >= 11 is 0. The monoisotopic (exact) mass is 440 g/mol. The molecule has 1 aliphatic heterocycles. The van der Waals surface area contributed by atoms with Gasteiger partial charge in [0.2, 0.25) is 0 Å². The molecule has 174 valence electrons. The lowest BCUT2D eigenvalue weighted by Crippen LogP contribution is -2.55. The minimum atomic E-state index is -0.506. The first kappa shape index (κ1) is 23.9. The molecule has 1 aliphatic rings. The predicted octanol–water partition coefficient (Wildman–Crippen LogP) is 5.08. The molecule has 0 unspecified atom stereocenters. The maximum atomic E-state index is 12.6. The van der Waals surface area contributed by atoms with Crippen LogP contribution in [-0.2, 0) is 11.3 Å². The van der Waals surface area contributed by atoms with E-state index in [1.807, 2.05) is 58.0 Å². The predicted molar refractivity (Wildman–Crippen MR) is 128 cm³/mol. The van der Waals surface area contributed by atoms with E-state index >= 15 is 0 Å². The fourth-order valence-electron chi connectivity index (χ4n) is 4.16. The lowest BCUT2D eigenvalue weighted by molar-refractivity contribution is 0.0213. The van der Waals surface area contributed by atoms with Gasteiger partial charge in [0.15, 0.2) is 0 Å². The molecule has 0 bridgehead atoms. The molecule has 1 atom stereocenters. The first-order valence-corrected chi connectivity index (χ1v) is 11.5. The van der Waals surface area contributed by atoms with Crippen molar-refractivity contribution in [1.29, 1.82) is 0 Å². The number of hydrogen-bond donors (Lipinski definition) is 1. The number of rotatable bonds is 6. The van der Waals surface area contributed by atoms with Crippen molar-refractivity contribution in [2.24, 2.45) is 0 Å². The number of benzene rings is 2. The highest BCUT2D eigenvalue weighted by atomic mass is 16.6. The number of ether oxygens (including phenoxy) is 2. The smallest absolute Gasteiger partial charge is 0.410 e. The number of carbonyl (C=O) groups is 1. The average molecular weight is 441 g/mol. The number of piperazine rings is 1. The van der Waals surface area contributed by atoms with Crippen LogP contribution in [0.4, 0.5) is 10.5 Å². The Kier molecular flexibility index (Phi) is 7.67. The fourth-order valence-corrected chi connectivity index (χ4v) is 4.16. The van der Waals surface area contributed by atoms with E-state index in [0.717, 1.165) is 34.5 Å². The van der Waals surface area contributed by atoms with Crippen molar-refractivity contribution in [1.82, 2.24) is 4.90 Å². The van der Waals surface area contributed by atoms with E-state index in [1.54, 1.807) is 4.90 Å². The Bertz CT molecular complexity index is 922. The number of para-hydroxylation sites is 1. The zero-order chi connectivity index (χ0) is 23.3. The van der Waals surface area contributed by atoms with Crippen LogP contribution in [-0.4, -0.2) is 54.0 Å². The van der Waals surface area contributed by atoms with Crippen LogP contribution in [0.3, 0.4) is 0 Å². The Balaban J connectivity index is 1.84. The number of amides is 1. The van der Waals surface area contributed by atoms with Gasteiger partial charge in [0.05, 0.1) is 13.2 Å². The van der Waals surface area contributed by atoms with E-state index in [1.165, 1.54) is 0 Å². The molecule has 32 heavy (non-hydrogen) atoms. The van der Waals surface area contributed by atoms with Crippen molar-refractivity contribution in [2.75, 3.05) is 31.1 Å². The minimum absolute atomic E-state index is 0.0529. The highest BCUT2D eigenvalue weighted by molar-refractivity contribution is 5.74. The van der Waals surface area contributed by atoms with Crippen molar-refractivity contribution in [3.63, 3.8) is 0 Å². The fraction of sp³-hybridized carbons (Fsp3) is 0.500. The Morgan fingerprint density at radius 3 is 2.53 bits per heavy atom. The third kappa shape index (κ3) is 5.54. The SMILES string of the molecule is CCOc1ccccc1-c1ccc(N2CCN(C(=O)OC(C)(C)C)C[C@H]2CC)c(CO)c1. The van der Waals surface area contributed by atoms with Crippen molar-refractivity contribution >= 4 is 11.8 Å². The second-order valence-electron chi connectivity index (χ2n) is 9.11. The Morgan fingerprint density at radius 1 is 1.12 bits per heavy atom.